The zero-order chi connectivity index (χ0) is 23.2. The molecule has 8 heteroatoms. The molecule has 1 amide bonds. The van der Waals surface area contributed by atoms with E-state index in [1.807, 2.05) is 30.0 Å². The maximum atomic E-state index is 12.5. The standard InChI is InChI=1S/C25H31N5O3/c1-18-17-29(11-12-30(18)23(31)8-13-32-2)25-21(16-26)15-22(24(28-25)20-3-4-20)33-14-7-19-5-9-27-10-6-19/h5-6,9-10,15,18,20H,3-4,7-8,11-14,17H2,1-2H3/t18-/m1/s1. The fraction of sp³-hybridized carbons (Fsp3) is 0.520. The number of methoxy groups -OCH3 is 1. The summed E-state index contributed by atoms with van der Waals surface area (Å²) < 4.78 is 11.2. The van der Waals surface area contributed by atoms with E-state index in [1.165, 1.54) is 0 Å². The maximum absolute atomic E-state index is 12.5. The molecule has 1 aliphatic heterocycles. The first-order chi connectivity index (χ1) is 16.1. The van der Waals surface area contributed by atoms with Crippen molar-refractivity contribution in [2.45, 2.75) is 44.6 Å². The van der Waals surface area contributed by atoms with Crippen LogP contribution < -0.4 is 9.64 Å². The summed E-state index contributed by atoms with van der Waals surface area (Å²) in [5.41, 5.74) is 2.63. The van der Waals surface area contributed by atoms with Gasteiger partial charge in [0.15, 0.2) is 0 Å². The highest BCUT2D eigenvalue weighted by molar-refractivity contribution is 5.77. The zero-order valence-electron chi connectivity index (χ0n) is 19.4. The number of hydrogen-bond acceptors (Lipinski definition) is 7. The molecule has 2 aromatic heterocycles. The average molecular weight is 450 g/mol. The van der Waals surface area contributed by atoms with Crippen LogP contribution in [0.1, 0.15) is 48.9 Å². The van der Waals surface area contributed by atoms with Crippen molar-refractivity contribution in [3.05, 3.63) is 47.4 Å². The predicted molar refractivity (Wildman–Crippen MR) is 124 cm³/mol. The van der Waals surface area contributed by atoms with E-state index in [9.17, 15) is 10.1 Å². The van der Waals surface area contributed by atoms with Crippen LogP contribution in [0.3, 0.4) is 0 Å². The molecule has 3 heterocycles. The Balaban J connectivity index is 1.48. The highest BCUT2D eigenvalue weighted by Crippen LogP contribution is 2.44. The number of aromatic nitrogens is 2. The minimum atomic E-state index is 0.0390. The Labute approximate surface area is 195 Å². The highest BCUT2D eigenvalue weighted by atomic mass is 16.5. The zero-order valence-corrected chi connectivity index (χ0v) is 19.4. The molecule has 0 aromatic carbocycles. The topological polar surface area (TPSA) is 91.6 Å². The van der Waals surface area contributed by atoms with Gasteiger partial charge in [-0.25, -0.2) is 4.98 Å². The third kappa shape index (κ3) is 5.60. The maximum Gasteiger partial charge on any atom is 0.225 e. The second-order valence-corrected chi connectivity index (χ2v) is 8.71. The Kier molecular flexibility index (Phi) is 7.40. The van der Waals surface area contributed by atoms with Crippen LogP contribution in [-0.2, 0) is 16.0 Å². The van der Waals surface area contributed by atoms with Crippen molar-refractivity contribution in [2.24, 2.45) is 0 Å². The Morgan fingerprint density at radius 3 is 2.70 bits per heavy atom. The second-order valence-electron chi connectivity index (χ2n) is 8.71. The molecule has 0 spiro atoms. The van der Waals surface area contributed by atoms with Gasteiger partial charge in [-0.1, -0.05) is 0 Å². The number of piperazine rings is 1. The van der Waals surface area contributed by atoms with E-state index in [1.54, 1.807) is 19.5 Å². The van der Waals surface area contributed by atoms with Crippen molar-refractivity contribution < 1.29 is 14.3 Å². The molecule has 2 aliphatic rings. The first kappa shape index (κ1) is 23.0. The summed E-state index contributed by atoms with van der Waals surface area (Å²) in [5.74, 6) is 1.92. The van der Waals surface area contributed by atoms with Crippen LogP contribution in [0.25, 0.3) is 0 Å². The Morgan fingerprint density at radius 2 is 2.03 bits per heavy atom. The second kappa shape index (κ2) is 10.6. The molecule has 174 valence electrons. The van der Waals surface area contributed by atoms with E-state index in [0.29, 0.717) is 62.3 Å². The van der Waals surface area contributed by atoms with Gasteiger partial charge >= 0.3 is 0 Å². The Bertz CT molecular complexity index is 1000. The lowest BCUT2D eigenvalue weighted by atomic mass is 10.1. The number of carbonyl (C=O) groups is 1. The summed E-state index contributed by atoms with van der Waals surface area (Å²) in [6.45, 7) is 4.90. The van der Waals surface area contributed by atoms with E-state index < -0.39 is 0 Å². The van der Waals surface area contributed by atoms with Crippen molar-refractivity contribution in [1.29, 1.82) is 5.26 Å². The lowest BCUT2D eigenvalue weighted by molar-refractivity contribution is -0.134. The first-order valence-corrected chi connectivity index (χ1v) is 11.6. The molecule has 0 radical (unpaired) electrons. The summed E-state index contributed by atoms with van der Waals surface area (Å²) >= 11 is 0. The third-order valence-corrected chi connectivity index (χ3v) is 6.24. The van der Waals surface area contributed by atoms with Crippen LogP contribution in [0.5, 0.6) is 5.75 Å². The molecule has 0 N–H and O–H groups in total. The van der Waals surface area contributed by atoms with E-state index >= 15 is 0 Å². The van der Waals surface area contributed by atoms with Gasteiger partial charge in [0, 0.05) is 63.6 Å². The van der Waals surface area contributed by atoms with Gasteiger partial charge in [-0.15, -0.1) is 0 Å². The van der Waals surface area contributed by atoms with Crippen LogP contribution in [-0.4, -0.2) is 66.8 Å². The van der Waals surface area contributed by atoms with E-state index in [2.05, 4.69) is 16.0 Å². The largest absolute Gasteiger partial charge is 0.491 e. The molecule has 1 saturated heterocycles. The predicted octanol–water partition coefficient (Wildman–Crippen LogP) is 2.92. The summed E-state index contributed by atoms with van der Waals surface area (Å²) in [6, 6.07) is 8.17. The van der Waals surface area contributed by atoms with Crippen molar-refractivity contribution >= 4 is 11.7 Å². The van der Waals surface area contributed by atoms with Crippen molar-refractivity contribution in [3.63, 3.8) is 0 Å². The molecular weight excluding hydrogens is 418 g/mol. The van der Waals surface area contributed by atoms with Gasteiger partial charge in [0.1, 0.15) is 17.6 Å². The number of anilines is 1. The molecule has 2 fully saturated rings. The number of ether oxygens (including phenoxy) is 2. The third-order valence-electron chi connectivity index (χ3n) is 6.24. The van der Waals surface area contributed by atoms with E-state index in [-0.39, 0.29) is 11.9 Å². The van der Waals surface area contributed by atoms with Gasteiger partial charge in [0.25, 0.3) is 0 Å². The molecule has 0 bridgehead atoms. The fourth-order valence-corrected chi connectivity index (χ4v) is 4.27. The molecule has 1 atom stereocenters. The molecule has 8 nitrogen and oxygen atoms in total. The Hall–Kier alpha value is -3.18. The van der Waals surface area contributed by atoms with Gasteiger partial charge < -0.3 is 19.3 Å². The number of hydrogen-bond donors (Lipinski definition) is 0. The Morgan fingerprint density at radius 1 is 1.24 bits per heavy atom. The number of pyridine rings is 2. The van der Waals surface area contributed by atoms with Gasteiger partial charge in [-0.05, 0) is 37.5 Å². The minimum Gasteiger partial charge on any atom is -0.491 e. The molecule has 1 saturated carbocycles. The van der Waals surface area contributed by atoms with Gasteiger partial charge in [-0.3, -0.25) is 9.78 Å². The van der Waals surface area contributed by atoms with Crippen molar-refractivity contribution in [1.82, 2.24) is 14.9 Å². The number of carbonyl (C=O) groups excluding carboxylic acids is 1. The fourth-order valence-electron chi connectivity index (χ4n) is 4.27. The quantitative estimate of drug-likeness (QED) is 0.581. The monoisotopic (exact) mass is 449 g/mol. The minimum absolute atomic E-state index is 0.0390. The first-order valence-electron chi connectivity index (χ1n) is 11.6. The molecule has 0 unspecified atom stereocenters. The molecule has 1 aliphatic carbocycles. The van der Waals surface area contributed by atoms with Crippen molar-refractivity contribution in [3.8, 4) is 11.8 Å². The molecule has 4 rings (SSSR count). The normalized spacial score (nSPS) is 18.2. The summed E-state index contributed by atoms with van der Waals surface area (Å²) in [6.07, 6.45) is 6.91. The van der Waals surface area contributed by atoms with E-state index in [0.717, 1.165) is 30.5 Å². The molecule has 2 aromatic rings. The van der Waals surface area contributed by atoms with Gasteiger partial charge in [0.2, 0.25) is 5.91 Å². The number of nitriles is 1. The smallest absolute Gasteiger partial charge is 0.225 e. The van der Waals surface area contributed by atoms with Gasteiger partial charge in [0.05, 0.1) is 30.9 Å². The summed E-state index contributed by atoms with van der Waals surface area (Å²) in [5, 5.41) is 9.87. The summed E-state index contributed by atoms with van der Waals surface area (Å²) in [7, 11) is 1.60. The van der Waals surface area contributed by atoms with Gasteiger partial charge in [-0.2, -0.15) is 5.26 Å². The number of rotatable bonds is 9. The lowest BCUT2D eigenvalue weighted by Gasteiger charge is -2.40. The van der Waals surface area contributed by atoms with Crippen molar-refractivity contribution in [2.75, 3.05) is 44.9 Å². The summed E-state index contributed by atoms with van der Waals surface area (Å²) in [4.78, 5) is 25.5. The average Bonchev–Trinajstić information content (AvgIpc) is 3.68. The van der Waals surface area contributed by atoms with Crippen LogP contribution in [0.15, 0.2) is 30.6 Å². The van der Waals surface area contributed by atoms with E-state index in [4.69, 9.17) is 14.5 Å². The van der Waals surface area contributed by atoms with Crippen LogP contribution in [0, 0.1) is 11.3 Å². The van der Waals surface area contributed by atoms with Crippen LogP contribution >= 0.6 is 0 Å². The highest BCUT2D eigenvalue weighted by Gasteiger charge is 2.33. The molecule has 33 heavy (non-hydrogen) atoms. The van der Waals surface area contributed by atoms with Crippen LogP contribution in [0.4, 0.5) is 5.82 Å². The lowest BCUT2D eigenvalue weighted by Crippen LogP contribution is -2.54. The molecular formula is C25H31N5O3. The van der Waals surface area contributed by atoms with Crippen LogP contribution in [0.2, 0.25) is 0 Å². The number of nitrogens with zero attached hydrogens (tertiary/aromatic N) is 5. The SMILES string of the molecule is COCCC(=O)N1CCN(c2nc(C3CC3)c(OCCc3ccncc3)cc2C#N)C[C@H]1C. The number of amides is 1.